The Balaban J connectivity index is 1.06. The van der Waals surface area contributed by atoms with Gasteiger partial charge in [-0.25, -0.2) is 4.68 Å². The smallest absolute Gasteiger partial charge is 0.242 e. The number of aryl methyl sites for hydroxylation is 1. The number of nitrogens with one attached hydrogen (secondary N) is 2. The van der Waals surface area contributed by atoms with Crippen LogP contribution in [0.2, 0.25) is 0 Å². The number of hydrogen-bond donors (Lipinski definition) is 2. The molecule has 0 bridgehead atoms. The molecule has 1 fully saturated rings. The van der Waals surface area contributed by atoms with Gasteiger partial charge in [-0.15, -0.1) is 5.10 Å². The second-order valence-electron chi connectivity index (χ2n) is 11.5. The Morgan fingerprint density at radius 3 is 2.42 bits per heavy atom. The van der Waals surface area contributed by atoms with Gasteiger partial charge in [0.1, 0.15) is 5.69 Å². The molecule has 0 radical (unpaired) electrons. The summed E-state index contributed by atoms with van der Waals surface area (Å²) in [6, 6.07) is 15.7. The summed E-state index contributed by atoms with van der Waals surface area (Å²) in [4.78, 5) is 65.2. The van der Waals surface area contributed by atoms with E-state index in [9.17, 15) is 24.0 Å². The summed E-state index contributed by atoms with van der Waals surface area (Å²) in [6.07, 6.45) is 3.11. The molecule has 1 saturated heterocycles. The van der Waals surface area contributed by atoms with E-state index in [1.165, 1.54) is 11.8 Å². The van der Waals surface area contributed by atoms with Crippen LogP contribution in [0.15, 0.2) is 48.5 Å². The second-order valence-corrected chi connectivity index (χ2v) is 12.6. The summed E-state index contributed by atoms with van der Waals surface area (Å²) in [5.41, 5.74) is 5.23. The lowest BCUT2D eigenvalue weighted by atomic mass is 9.95. The SMILES string of the molecule is CCCn1nnc2c1-c1ccccc1CN(C(=O)CCNC(=O)CCOCCNC(=O)CCN1C(=O)CC(SC)C1=O)c1ccccc1-2. The molecule has 0 saturated carbocycles. The summed E-state index contributed by atoms with van der Waals surface area (Å²) < 4.78 is 7.41. The van der Waals surface area contributed by atoms with Crippen LogP contribution in [0.4, 0.5) is 5.69 Å². The van der Waals surface area contributed by atoms with Crippen LogP contribution >= 0.6 is 11.8 Å². The van der Waals surface area contributed by atoms with E-state index in [0.29, 0.717) is 6.54 Å². The van der Waals surface area contributed by atoms with E-state index in [-0.39, 0.29) is 93.3 Å². The summed E-state index contributed by atoms with van der Waals surface area (Å²) in [5.74, 6) is -1.16. The zero-order valence-electron chi connectivity index (χ0n) is 27.3. The Morgan fingerprint density at radius 2 is 1.65 bits per heavy atom. The zero-order valence-corrected chi connectivity index (χ0v) is 28.1. The Bertz CT molecular complexity index is 1660. The molecule has 254 valence electrons. The Morgan fingerprint density at radius 1 is 0.917 bits per heavy atom. The van der Waals surface area contributed by atoms with Crippen molar-refractivity contribution in [3.63, 3.8) is 0 Å². The van der Waals surface area contributed by atoms with E-state index in [0.717, 1.165) is 51.6 Å². The van der Waals surface area contributed by atoms with E-state index >= 15 is 0 Å². The molecule has 2 aliphatic heterocycles. The van der Waals surface area contributed by atoms with Gasteiger partial charge in [0.15, 0.2) is 0 Å². The fourth-order valence-electron chi connectivity index (χ4n) is 5.84. The highest BCUT2D eigenvalue weighted by atomic mass is 32.2. The molecular weight excluding hydrogens is 634 g/mol. The normalized spacial score (nSPS) is 15.3. The topological polar surface area (TPSA) is 156 Å². The number of anilines is 1. The first-order valence-electron chi connectivity index (χ1n) is 16.2. The van der Waals surface area contributed by atoms with Crippen LogP contribution in [-0.4, -0.2) is 93.8 Å². The number of carbonyl (C=O) groups excluding carboxylic acids is 5. The van der Waals surface area contributed by atoms with Crippen LogP contribution in [0.1, 0.15) is 44.6 Å². The zero-order chi connectivity index (χ0) is 34.0. The minimum Gasteiger partial charge on any atom is -0.379 e. The molecule has 0 spiro atoms. The van der Waals surface area contributed by atoms with Gasteiger partial charge in [0.05, 0.1) is 36.4 Å². The molecule has 2 N–H and O–H groups in total. The highest BCUT2D eigenvalue weighted by molar-refractivity contribution is 8.00. The van der Waals surface area contributed by atoms with Crippen molar-refractivity contribution in [1.29, 1.82) is 0 Å². The molecule has 13 nitrogen and oxygen atoms in total. The number of thioether (sulfide) groups is 1. The van der Waals surface area contributed by atoms with Crippen LogP contribution in [0.3, 0.4) is 0 Å². The van der Waals surface area contributed by atoms with Crippen LogP contribution in [0.5, 0.6) is 0 Å². The number of benzene rings is 2. The summed E-state index contributed by atoms with van der Waals surface area (Å²) in [6.45, 7) is 4.03. The van der Waals surface area contributed by atoms with Crippen LogP contribution in [0, 0.1) is 0 Å². The van der Waals surface area contributed by atoms with E-state index < -0.39 is 0 Å². The monoisotopic (exact) mass is 675 g/mol. The minimum atomic E-state index is -0.365. The number of rotatable bonds is 15. The van der Waals surface area contributed by atoms with Crippen molar-refractivity contribution in [3.8, 4) is 22.5 Å². The lowest BCUT2D eigenvalue weighted by molar-refractivity contribution is -0.138. The van der Waals surface area contributed by atoms with Gasteiger partial charge in [0.25, 0.3) is 0 Å². The molecular formula is C34H41N7O6S. The van der Waals surface area contributed by atoms with Crippen LogP contribution in [-0.2, 0) is 41.8 Å². The Hall–Kier alpha value is -4.56. The fraction of sp³-hybridized carbons (Fsp3) is 0.441. The average Bonchev–Trinajstić information content (AvgIpc) is 3.62. The van der Waals surface area contributed by atoms with Crippen LogP contribution in [0.25, 0.3) is 22.5 Å². The van der Waals surface area contributed by atoms with Crippen molar-refractivity contribution in [3.05, 3.63) is 54.1 Å². The van der Waals surface area contributed by atoms with Gasteiger partial charge in [0, 0.05) is 63.0 Å². The first-order valence-corrected chi connectivity index (χ1v) is 17.5. The number of carbonyl (C=O) groups is 5. The first-order chi connectivity index (χ1) is 23.3. The number of para-hydroxylation sites is 1. The number of fused-ring (bicyclic) bond motifs is 5. The van der Waals surface area contributed by atoms with Crippen LogP contribution < -0.4 is 15.5 Å². The lowest BCUT2D eigenvalue weighted by Gasteiger charge is -2.28. The molecule has 5 amide bonds. The van der Waals surface area contributed by atoms with E-state index in [2.05, 4.69) is 27.9 Å². The fourth-order valence-corrected chi connectivity index (χ4v) is 6.48. The molecule has 1 atom stereocenters. The molecule has 0 aliphatic carbocycles. The summed E-state index contributed by atoms with van der Waals surface area (Å²) in [7, 11) is 0. The van der Waals surface area contributed by atoms with Crippen molar-refractivity contribution < 1.29 is 28.7 Å². The van der Waals surface area contributed by atoms with E-state index in [4.69, 9.17) is 4.74 Å². The first kappa shape index (κ1) is 34.8. The quantitative estimate of drug-likeness (QED) is 0.183. The van der Waals surface area contributed by atoms with Gasteiger partial charge in [-0.05, 0) is 24.3 Å². The highest BCUT2D eigenvalue weighted by Crippen LogP contribution is 2.41. The predicted molar refractivity (Wildman–Crippen MR) is 182 cm³/mol. The number of hydrogen-bond acceptors (Lipinski definition) is 9. The predicted octanol–water partition coefficient (Wildman–Crippen LogP) is 2.78. The van der Waals surface area contributed by atoms with Gasteiger partial charge < -0.3 is 20.3 Å². The number of nitrogens with zero attached hydrogens (tertiary/aromatic N) is 5. The third-order valence-corrected chi connectivity index (χ3v) is 9.21. The van der Waals surface area contributed by atoms with Gasteiger partial charge >= 0.3 is 0 Å². The third-order valence-electron chi connectivity index (χ3n) is 8.28. The highest BCUT2D eigenvalue weighted by Gasteiger charge is 2.37. The number of aromatic nitrogens is 3. The standard InChI is InChI=1S/C34H41N7O6S/c1-3-17-41-33-24-9-5-4-8-23(24)22-40(26-11-7-6-10-25(26)32(33)37-38-41)30(44)12-15-35-29(43)14-19-47-20-16-36-28(42)13-18-39-31(45)21-27(48-2)34(39)46/h4-11,27H,3,12-22H2,1-2H3,(H,35,43)(H,36,42). The number of amides is 5. The molecule has 48 heavy (non-hydrogen) atoms. The minimum absolute atomic E-state index is 0.0246. The molecule has 2 aliphatic rings. The van der Waals surface area contributed by atoms with Crippen molar-refractivity contribution >= 4 is 47.0 Å². The maximum absolute atomic E-state index is 13.6. The Labute approximate surface area is 283 Å². The van der Waals surface area contributed by atoms with Crippen molar-refractivity contribution in [2.24, 2.45) is 0 Å². The van der Waals surface area contributed by atoms with Gasteiger partial charge in [0.2, 0.25) is 29.5 Å². The number of likely N-dealkylation sites (tertiary alicyclic amines) is 1. The van der Waals surface area contributed by atoms with E-state index in [1.807, 2.05) is 53.2 Å². The number of imide groups is 1. The van der Waals surface area contributed by atoms with Crippen molar-refractivity contribution in [2.45, 2.75) is 57.4 Å². The third kappa shape index (κ3) is 8.11. The molecule has 14 heteroatoms. The molecule has 2 aromatic carbocycles. The van der Waals surface area contributed by atoms with Crippen molar-refractivity contribution in [2.75, 3.05) is 44.0 Å². The molecule has 5 rings (SSSR count). The molecule has 3 heterocycles. The summed E-state index contributed by atoms with van der Waals surface area (Å²) >= 11 is 1.34. The van der Waals surface area contributed by atoms with E-state index in [1.54, 1.807) is 11.2 Å². The number of ether oxygens (including phenoxy) is 1. The molecule has 1 unspecified atom stereocenters. The summed E-state index contributed by atoms with van der Waals surface area (Å²) in [5, 5.41) is 14.1. The van der Waals surface area contributed by atoms with Gasteiger partial charge in [-0.1, -0.05) is 54.6 Å². The van der Waals surface area contributed by atoms with Gasteiger partial charge in [-0.3, -0.25) is 28.9 Å². The lowest BCUT2D eigenvalue weighted by Crippen LogP contribution is -2.36. The largest absolute Gasteiger partial charge is 0.379 e. The maximum atomic E-state index is 13.6. The second kappa shape index (κ2) is 16.5. The average molecular weight is 676 g/mol. The molecule has 1 aromatic heterocycles. The molecule has 3 aromatic rings. The van der Waals surface area contributed by atoms with Gasteiger partial charge in [-0.2, -0.15) is 11.8 Å². The maximum Gasteiger partial charge on any atom is 0.242 e. The Kier molecular flexibility index (Phi) is 12.0. The van der Waals surface area contributed by atoms with Crippen molar-refractivity contribution in [1.82, 2.24) is 30.5 Å².